The summed E-state index contributed by atoms with van der Waals surface area (Å²) in [6.45, 7) is 3.70. The van der Waals surface area contributed by atoms with Crippen LogP contribution in [0.4, 0.5) is 4.39 Å². The van der Waals surface area contributed by atoms with Crippen LogP contribution in [0.25, 0.3) is 12.2 Å². The van der Waals surface area contributed by atoms with Gasteiger partial charge in [-0.15, -0.1) is 0 Å². The number of hydrogen-bond donors (Lipinski definition) is 0. The Kier molecular flexibility index (Phi) is 6.28. The number of fused-ring (bicyclic) bond motifs is 1. The first-order chi connectivity index (χ1) is 15.5. The number of aromatic nitrogens is 1. The van der Waals surface area contributed by atoms with Gasteiger partial charge >= 0.3 is 5.97 Å². The second-order valence-corrected chi connectivity index (χ2v) is 8.18. The molecule has 0 radical (unpaired) electrons. The highest BCUT2D eigenvalue weighted by Crippen LogP contribution is 2.26. The molecule has 0 bridgehead atoms. The Morgan fingerprint density at radius 3 is 2.56 bits per heavy atom. The molecule has 0 N–H and O–H groups in total. The van der Waals surface area contributed by atoms with Crippen LogP contribution in [-0.4, -0.2) is 17.1 Å². The van der Waals surface area contributed by atoms with E-state index in [0.29, 0.717) is 26.2 Å². The molecule has 3 aromatic rings. The molecule has 7 heteroatoms. The van der Waals surface area contributed by atoms with Crippen LogP contribution in [0.2, 0.25) is 0 Å². The average molecular weight is 449 g/mol. The summed E-state index contributed by atoms with van der Waals surface area (Å²) >= 11 is 1.23. The molecular weight excluding hydrogens is 427 g/mol. The number of rotatable bonds is 5. The van der Waals surface area contributed by atoms with Crippen molar-refractivity contribution in [1.82, 2.24) is 4.57 Å². The van der Waals surface area contributed by atoms with E-state index in [1.807, 2.05) is 42.5 Å². The smallest absolute Gasteiger partial charge is 0.338 e. The van der Waals surface area contributed by atoms with E-state index in [1.54, 1.807) is 32.1 Å². The van der Waals surface area contributed by atoms with Gasteiger partial charge in [-0.1, -0.05) is 66.0 Å². The molecule has 2 heterocycles. The van der Waals surface area contributed by atoms with E-state index in [0.717, 1.165) is 5.56 Å². The minimum absolute atomic E-state index is 0.222. The first-order valence-corrected chi connectivity index (χ1v) is 11.0. The van der Waals surface area contributed by atoms with Gasteiger partial charge in [-0.05, 0) is 43.2 Å². The van der Waals surface area contributed by atoms with Crippen molar-refractivity contribution in [2.45, 2.75) is 19.9 Å². The van der Waals surface area contributed by atoms with E-state index < -0.39 is 12.0 Å². The zero-order valence-corrected chi connectivity index (χ0v) is 18.4. The van der Waals surface area contributed by atoms with Crippen molar-refractivity contribution in [3.63, 3.8) is 0 Å². The predicted molar refractivity (Wildman–Crippen MR) is 123 cm³/mol. The van der Waals surface area contributed by atoms with Crippen molar-refractivity contribution >= 4 is 29.5 Å². The van der Waals surface area contributed by atoms with Crippen LogP contribution in [-0.2, 0) is 9.53 Å². The predicted octanol–water partition coefficient (Wildman–Crippen LogP) is 3.60. The summed E-state index contributed by atoms with van der Waals surface area (Å²) in [5.41, 5.74) is 2.23. The Bertz CT molecular complexity index is 1380. The van der Waals surface area contributed by atoms with Crippen molar-refractivity contribution < 1.29 is 13.9 Å². The number of ether oxygens (including phenoxy) is 1. The molecule has 0 fully saturated rings. The molecule has 0 saturated heterocycles. The fraction of sp³-hybridized carbons (Fsp3) is 0.160. The third-order valence-corrected chi connectivity index (χ3v) is 5.98. The summed E-state index contributed by atoms with van der Waals surface area (Å²) in [5, 5.41) is 0. The third-order valence-electron chi connectivity index (χ3n) is 5.00. The van der Waals surface area contributed by atoms with Crippen LogP contribution in [0.5, 0.6) is 0 Å². The molecule has 32 heavy (non-hydrogen) atoms. The van der Waals surface area contributed by atoms with Gasteiger partial charge in [0.25, 0.3) is 5.56 Å². The van der Waals surface area contributed by atoms with Crippen molar-refractivity contribution in [3.05, 3.63) is 109 Å². The van der Waals surface area contributed by atoms with Crippen LogP contribution < -0.4 is 14.9 Å². The van der Waals surface area contributed by atoms with E-state index in [2.05, 4.69) is 4.99 Å². The number of nitrogens with zero attached hydrogens (tertiary/aromatic N) is 2. The Morgan fingerprint density at radius 2 is 1.88 bits per heavy atom. The maximum absolute atomic E-state index is 13.3. The number of carbonyl (C=O) groups is 1. The van der Waals surface area contributed by atoms with Crippen LogP contribution in [0.1, 0.15) is 31.0 Å². The lowest BCUT2D eigenvalue weighted by atomic mass is 10.0. The molecule has 162 valence electrons. The van der Waals surface area contributed by atoms with E-state index >= 15 is 0 Å². The van der Waals surface area contributed by atoms with Crippen molar-refractivity contribution in [1.29, 1.82) is 0 Å². The molecular formula is C25H21FN2O3S. The van der Waals surface area contributed by atoms with Crippen LogP contribution in [0, 0.1) is 5.82 Å². The fourth-order valence-electron chi connectivity index (χ4n) is 3.49. The standard InChI is InChI=1S/C25H21FN2O3S/c1-3-31-24(30)22-16(2)27-25-28(20(22)14-11-17-7-5-4-6-8-17)23(29)21(32-25)15-18-9-12-19(26)13-10-18/h4-15,20H,3H2,1-2H3/b14-11+,21-15+. The summed E-state index contributed by atoms with van der Waals surface area (Å²) < 4.78 is 20.5. The lowest BCUT2D eigenvalue weighted by Crippen LogP contribution is -2.38. The van der Waals surface area contributed by atoms with Gasteiger partial charge < -0.3 is 4.74 Å². The molecule has 1 atom stereocenters. The number of carbonyl (C=O) groups excluding carboxylic acids is 1. The number of allylic oxidation sites excluding steroid dienone is 2. The molecule has 2 aromatic carbocycles. The summed E-state index contributed by atoms with van der Waals surface area (Å²) in [4.78, 5) is 31.1. The Labute approximate surface area is 188 Å². The second-order valence-electron chi connectivity index (χ2n) is 7.17. The number of halogens is 1. The summed E-state index contributed by atoms with van der Waals surface area (Å²) in [6, 6.07) is 14.9. The topological polar surface area (TPSA) is 60.7 Å². The molecule has 1 aromatic heterocycles. The van der Waals surface area contributed by atoms with Gasteiger partial charge in [0, 0.05) is 0 Å². The zero-order valence-electron chi connectivity index (χ0n) is 17.6. The largest absolute Gasteiger partial charge is 0.463 e. The highest BCUT2D eigenvalue weighted by atomic mass is 32.1. The molecule has 1 aliphatic rings. The van der Waals surface area contributed by atoms with Gasteiger partial charge in [0.1, 0.15) is 5.82 Å². The maximum atomic E-state index is 13.3. The Morgan fingerprint density at radius 1 is 1.16 bits per heavy atom. The third kappa shape index (κ3) is 4.38. The average Bonchev–Trinajstić information content (AvgIpc) is 3.09. The molecule has 1 aliphatic heterocycles. The van der Waals surface area contributed by atoms with Gasteiger partial charge in [0.15, 0.2) is 4.80 Å². The second kappa shape index (κ2) is 9.28. The van der Waals surface area contributed by atoms with E-state index in [1.165, 1.54) is 28.0 Å². The first-order valence-electron chi connectivity index (χ1n) is 10.2. The summed E-state index contributed by atoms with van der Waals surface area (Å²) in [7, 11) is 0. The van der Waals surface area contributed by atoms with Crippen molar-refractivity contribution in [3.8, 4) is 0 Å². The van der Waals surface area contributed by atoms with Gasteiger partial charge in [-0.3, -0.25) is 9.36 Å². The minimum Gasteiger partial charge on any atom is -0.463 e. The van der Waals surface area contributed by atoms with Crippen molar-refractivity contribution in [2.24, 2.45) is 4.99 Å². The lowest BCUT2D eigenvalue weighted by molar-refractivity contribution is -0.139. The molecule has 4 rings (SSSR count). The number of hydrogen-bond acceptors (Lipinski definition) is 5. The van der Waals surface area contributed by atoms with Gasteiger partial charge in [0.05, 0.1) is 28.5 Å². The minimum atomic E-state index is -0.652. The van der Waals surface area contributed by atoms with Gasteiger partial charge in [0.2, 0.25) is 0 Å². The highest BCUT2D eigenvalue weighted by Gasteiger charge is 2.30. The molecule has 5 nitrogen and oxygen atoms in total. The lowest BCUT2D eigenvalue weighted by Gasteiger charge is -2.21. The highest BCUT2D eigenvalue weighted by molar-refractivity contribution is 7.07. The SMILES string of the molecule is CCOC(=O)C1=C(C)N=c2s/c(=C/c3ccc(F)cc3)c(=O)n2C1/C=C/c1ccccc1. The van der Waals surface area contributed by atoms with Crippen LogP contribution in [0.3, 0.4) is 0 Å². The van der Waals surface area contributed by atoms with Crippen LogP contribution in [0.15, 0.2) is 81.7 Å². The maximum Gasteiger partial charge on any atom is 0.338 e. The summed E-state index contributed by atoms with van der Waals surface area (Å²) in [5.74, 6) is -0.839. The molecule has 1 unspecified atom stereocenters. The van der Waals surface area contributed by atoms with Crippen LogP contribution >= 0.6 is 11.3 Å². The van der Waals surface area contributed by atoms with Gasteiger partial charge in [-0.25, -0.2) is 14.2 Å². The Balaban J connectivity index is 1.87. The number of benzene rings is 2. The Hall–Kier alpha value is -3.58. The normalized spacial score (nSPS) is 16.2. The molecule has 0 amide bonds. The van der Waals surface area contributed by atoms with Crippen molar-refractivity contribution in [2.75, 3.05) is 6.61 Å². The fourth-order valence-corrected chi connectivity index (χ4v) is 4.55. The quantitative estimate of drug-likeness (QED) is 0.561. The number of esters is 1. The molecule has 0 spiro atoms. The van der Waals surface area contributed by atoms with E-state index in [4.69, 9.17) is 4.74 Å². The number of thiazole rings is 1. The summed E-state index contributed by atoms with van der Waals surface area (Å²) in [6.07, 6.45) is 5.39. The molecule has 0 aliphatic carbocycles. The van der Waals surface area contributed by atoms with E-state index in [9.17, 15) is 14.0 Å². The van der Waals surface area contributed by atoms with E-state index in [-0.39, 0.29) is 18.0 Å². The van der Waals surface area contributed by atoms with Gasteiger partial charge in [-0.2, -0.15) is 0 Å². The monoisotopic (exact) mass is 448 g/mol. The zero-order chi connectivity index (χ0) is 22.7. The molecule has 0 saturated carbocycles. The first kappa shape index (κ1) is 21.6.